The van der Waals surface area contributed by atoms with Crippen molar-refractivity contribution in [1.82, 2.24) is 4.72 Å². The lowest BCUT2D eigenvalue weighted by Crippen LogP contribution is -2.20. The Morgan fingerprint density at radius 2 is 2.23 bits per heavy atom. The molecule has 0 atom stereocenters. The summed E-state index contributed by atoms with van der Waals surface area (Å²) in [6, 6.07) is 4.89. The van der Waals surface area contributed by atoms with Crippen LogP contribution in [0.3, 0.4) is 0 Å². The number of aryl methyl sites for hydroxylation is 1. The number of rotatable bonds is 1. The van der Waals surface area contributed by atoms with Crippen LogP contribution in [0.25, 0.3) is 0 Å². The molecular weight excluding hydrogens is 208 g/mol. The summed E-state index contributed by atoms with van der Waals surface area (Å²) in [5.74, 6) is 0. The van der Waals surface area contributed by atoms with Crippen LogP contribution in [0.1, 0.15) is 5.56 Å². The van der Waals surface area contributed by atoms with Crippen LogP contribution in [-0.2, 0) is 0 Å². The molecule has 0 aliphatic carbocycles. The fourth-order valence-electron chi connectivity index (χ4n) is 0.830. The third-order valence-corrected chi connectivity index (χ3v) is 2.14. The molecule has 0 aliphatic heterocycles. The second kappa shape index (κ2) is 4.39. The first-order valence-electron chi connectivity index (χ1n) is 3.60. The normalized spacial score (nSPS) is 9.46. The van der Waals surface area contributed by atoms with Gasteiger partial charge in [-0.3, -0.25) is 4.72 Å². The van der Waals surface area contributed by atoms with Gasteiger partial charge in [-0.15, -0.1) is 0 Å². The highest BCUT2D eigenvalue weighted by Crippen LogP contribution is 2.19. The summed E-state index contributed by atoms with van der Waals surface area (Å²) in [6.45, 7) is 1.89. The van der Waals surface area contributed by atoms with Gasteiger partial charge in [-0.05, 0) is 24.6 Å². The minimum atomic E-state index is -0.386. The molecule has 1 aromatic carbocycles. The second-order valence-electron chi connectivity index (χ2n) is 2.53. The van der Waals surface area contributed by atoms with Gasteiger partial charge in [-0.25, -0.2) is 4.79 Å². The van der Waals surface area contributed by atoms with Crippen LogP contribution >= 0.6 is 24.4 Å². The zero-order valence-corrected chi connectivity index (χ0v) is 8.62. The largest absolute Gasteiger partial charge is 0.329 e. The van der Waals surface area contributed by atoms with Crippen LogP contribution in [0.5, 0.6) is 0 Å². The highest BCUT2D eigenvalue weighted by molar-refractivity contribution is 7.78. The summed E-state index contributed by atoms with van der Waals surface area (Å²) in [5.41, 5.74) is 1.61. The van der Waals surface area contributed by atoms with Crippen LogP contribution < -0.4 is 10.0 Å². The summed E-state index contributed by atoms with van der Waals surface area (Å²) in [6.07, 6.45) is 0. The number of hydrogen-bond donors (Lipinski definition) is 3. The molecule has 0 heterocycles. The van der Waals surface area contributed by atoms with Crippen molar-refractivity contribution in [3.63, 3.8) is 0 Å². The van der Waals surface area contributed by atoms with Gasteiger partial charge in [-0.2, -0.15) is 0 Å². The van der Waals surface area contributed by atoms with E-state index in [0.29, 0.717) is 10.7 Å². The molecule has 2 amide bonds. The molecule has 0 bridgehead atoms. The van der Waals surface area contributed by atoms with Crippen LogP contribution in [0, 0.1) is 6.92 Å². The Morgan fingerprint density at radius 3 is 2.77 bits per heavy atom. The van der Waals surface area contributed by atoms with Crippen LogP contribution in [0.2, 0.25) is 5.02 Å². The van der Waals surface area contributed by atoms with Gasteiger partial charge in [0.1, 0.15) is 0 Å². The van der Waals surface area contributed by atoms with E-state index in [1.54, 1.807) is 12.1 Å². The zero-order chi connectivity index (χ0) is 9.84. The molecule has 1 aromatic rings. The van der Waals surface area contributed by atoms with Crippen LogP contribution in [0.4, 0.5) is 10.5 Å². The van der Waals surface area contributed by atoms with E-state index in [1.807, 2.05) is 13.0 Å². The zero-order valence-electron chi connectivity index (χ0n) is 6.97. The fourth-order valence-corrected chi connectivity index (χ4v) is 1.07. The maximum atomic E-state index is 10.8. The molecule has 0 fully saturated rings. The first-order valence-corrected chi connectivity index (χ1v) is 4.43. The molecule has 70 valence electrons. The van der Waals surface area contributed by atoms with E-state index in [0.717, 1.165) is 5.56 Å². The highest BCUT2D eigenvalue weighted by Gasteiger charge is 2.00. The van der Waals surface area contributed by atoms with Gasteiger partial charge in [0.15, 0.2) is 0 Å². The Morgan fingerprint density at radius 1 is 1.54 bits per heavy atom. The van der Waals surface area contributed by atoms with Gasteiger partial charge in [0.25, 0.3) is 0 Å². The Balaban J connectivity index is 2.79. The molecule has 13 heavy (non-hydrogen) atoms. The van der Waals surface area contributed by atoms with Crippen molar-refractivity contribution in [2.75, 3.05) is 5.32 Å². The van der Waals surface area contributed by atoms with Crippen molar-refractivity contribution < 1.29 is 4.79 Å². The number of urea groups is 1. The molecule has 0 saturated heterocycles. The Bertz CT molecular complexity index is 330. The molecule has 1 rings (SSSR count). The van der Waals surface area contributed by atoms with E-state index in [1.165, 1.54) is 0 Å². The van der Waals surface area contributed by atoms with E-state index in [4.69, 9.17) is 11.6 Å². The Kier molecular flexibility index (Phi) is 3.45. The van der Waals surface area contributed by atoms with Gasteiger partial charge in [0.2, 0.25) is 0 Å². The lowest BCUT2D eigenvalue weighted by molar-refractivity contribution is 0.257. The first kappa shape index (κ1) is 10.2. The number of nitrogens with one attached hydrogen (secondary N) is 2. The summed E-state index contributed by atoms with van der Waals surface area (Å²) < 4.78 is 2.15. The number of carbonyl (C=O) groups is 1. The second-order valence-corrected chi connectivity index (χ2v) is 3.16. The SMILES string of the molecule is Cc1ccc(NC(=O)NS)cc1Cl. The molecular formula is C8H9ClN2OS. The number of carbonyl (C=O) groups excluding carboxylic acids is 1. The molecule has 5 heteroatoms. The smallest absolute Gasteiger partial charge is 0.307 e. The number of benzene rings is 1. The average molecular weight is 217 g/mol. The van der Waals surface area contributed by atoms with Crippen LogP contribution in [-0.4, -0.2) is 6.03 Å². The van der Waals surface area contributed by atoms with Crippen molar-refractivity contribution in [2.45, 2.75) is 6.92 Å². The van der Waals surface area contributed by atoms with Crippen molar-refractivity contribution in [2.24, 2.45) is 0 Å². The lowest BCUT2D eigenvalue weighted by Gasteiger charge is -2.04. The average Bonchev–Trinajstić information content (AvgIpc) is 2.11. The van der Waals surface area contributed by atoms with Gasteiger partial charge in [-0.1, -0.05) is 30.5 Å². The number of anilines is 1. The van der Waals surface area contributed by atoms with E-state index < -0.39 is 0 Å². The molecule has 0 aliphatic rings. The summed E-state index contributed by atoms with van der Waals surface area (Å²) in [7, 11) is 0. The van der Waals surface area contributed by atoms with Gasteiger partial charge < -0.3 is 5.32 Å². The fraction of sp³-hybridized carbons (Fsp3) is 0.125. The van der Waals surface area contributed by atoms with Crippen molar-refractivity contribution in [1.29, 1.82) is 0 Å². The van der Waals surface area contributed by atoms with E-state index >= 15 is 0 Å². The Labute approximate surface area is 87.0 Å². The summed E-state index contributed by atoms with van der Waals surface area (Å²) in [4.78, 5) is 10.8. The summed E-state index contributed by atoms with van der Waals surface area (Å²) in [5, 5.41) is 3.17. The number of amides is 2. The van der Waals surface area contributed by atoms with Gasteiger partial charge in [0, 0.05) is 10.7 Å². The predicted molar refractivity (Wildman–Crippen MR) is 57.3 cm³/mol. The van der Waals surface area contributed by atoms with Crippen LogP contribution in [0.15, 0.2) is 18.2 Å². The highest BCUT2D eigenvalue weighted by atomic mass is 35.5. The first-order chi connectivity index (χ1) is 6.13. The minimum absolute atomic E-state index is 0.386. The molecule has 0 radical (unpaired) electrons. The van der Waals surface area contributed by atoms with Crippen molar-refractivity contribution in [3.05, 3.63) is 28.8 Å². The molecule has 0 unspecified atom stereocenters. The maximum Gasteiger partial charge on any atom is 0.329 e. The van der Waals surface area contributed by atoms with Gasteiger partial charge in [0.05, 0.1) is 0 Å². The molecule has 0 spiro atoms. The molecule has 0 saturated carbocycles. The number of thiol groups is 1. The van der Waals surface area contributed by atoms with E-state index in [9.17, 15) is 4.79 Å². The Hall–Kier alpha value is -0.870. The molecule has 0 aromatic heterocycles. The number of halogens is 1. The predicted octanol–water partition coefficient (Wildman–Crippen LogP) is 2.61. The lowest BCUT2D eigenvalue weighted by atomic mass is 10.2. The van der Waals surface area contributed by atoms with Crippen molar-refractivity contribution >= 4 is 36.1 Å². The molecule has 3 nitrogen and oxygen atoms in total. The number of hydrogen-bond acceptors (Lipinski definition) is 2. The third-order valence-electron chi connectivity index (χ3n) is 1.53. The minimum Gasteiger partial charge on any atom is -0.307 e. The van der Waals surface area contributed by atoms with Gasteiger partial charge >= 0.3 is 6.03 Å². The maximum absolute atomic E-state index is 10.8. The van der Waals surface area contributed by atoms with Crippen molar-refractivity contribution in [3.8, 4) is 0 Å². The van der Waals surface area contributed by atoms with E-state index in [2.05, 4.69) is 22.9 Å². The monoisotopic (exact) mass is 216 g/mol. The topological polar surface area (TPSA) is 41.1 Å². The van der Waals surface area contributed by atoms with E-state index in [-0.39, 0.29) is 6.03 Å². The quantitative estimate of drug-likeness (QED) is 0.621. The summed E-state index contributed by atoms with van der Waals surface area (Å²) >= 11 is 9.45. The molecule has 2 N–H and O–H groups in total. The third kappa shape index (κ3) is 2.82. The standard InChI is InChI=1S/C8H9ClN2OS/c1-5-2-3-6(4-7(5)9)10-8(12)11-13/h2-4,13H,1H3,(H2,10,11,12).